The smallest absolute Gasteiger partial charge is 0.227 e. The molecule has 0 aliphatic rings. The van der Waals surface area contributed by atoms with E-state index in [1.807, 2.05) is 18.2 Å². The maximum absolute atomic E-state index is 12.0. The highest BCUT2D eigenvalue weighted by molar-refractivity contribution is 5.76. The van der Waals surface area contributed by atoms with Gasteiger partial charge in [-0.1, -0.05) is 36.3 Å². The van der Waals surface area contributed by atoms with Gasteiger partial charge in [0, 0.05) is 25.8 Å². The molecule has 2 aromatic heterocycles. The van der Waals surface area contributed by atoms with Gasteiger partial charge < -0.3 is 9.84 Å². The van der Waals surface area contributed by atoms with E-state index < -0.39 is 0 Å². The third-order valence-corrected chi connectivity index (χ3v) is 3.84. The molecule has 3 rings (SSSR count). The van der Waals surface area contributed by atoms with Gasteiger partial charge in [-0.2, -0.15) is 10.1 Å². The van der Waals surface area contributed by atoms with Crippen LogP contribution in [0.2, 0.25) is 0 Å². The molecule has 2 heterocycles. The number of carbonyl (C=O) groups is 1. The van der Waals surface area contributed by atoms with Crippen molar-refractivity contribution in [1.29, 1.82) is 0 Å². The summed E-state index contributed by atoms with van der Waals surface area (Å²) in [5.41, 5.74) is 2.15. The van der Waals surface area contributed by atoms with Gasteiger partial charge in [0.25, 0.3) is 0 Å². The molecule has 0 aliphatic carbocycles. The SMILES string of the molecule is CCCc1noc(CCC(=O)NCc2cccc(Cn3cncn3)c2)n1. The minimum atomic E-state index is -0.0399. The molecule has 0 radical (unpaired) electrons. The Morgan fingerprint density at radius 1 is 1.27 bits per heavy atom. The molecule has 0 bridgehead atoms. The first-order valence-electron chi connectivity index (χ1n) is 8.71. The van der Waals surface area contributed by atoms with Gasteiger partial charge in [0.2, 0.25) is 11.8 Å². The van der Waals surface area contributed by atoms with E-state index in [1.54, 1.807) is 11.0 Å². The molecular weight excluding hydrogens is 332 g/mol. The van der Waals surface area contributed by atoms with Crippen molar-refractivity contribution < 1.29 is 9.32 Å². The van der Waals surface area contributed by atoms with Gasteiger partial charge >= 0.3 is 0 Å². The number of nitrogens with one attached hydrogen (secondary N) is 1. The van der Waals surface area contributed by atoms with Crippen LogP contribution in [0.3, 0.4) is 0 Å². The topological polar surface area (TPSA) is 98.7 Å². The third kappa shape index (κ3) is 5.23. The van der Waals surface area contributed by atoms with Crippen LogP contribution in [0.25, 0.3) is 0 Å². The predicted molar refractivity (Wildman–Crippen MR) is 94.0 cm³/mol. The summed E-state index contributed by atoms with van der Waals surface area (Å²) in [6.45, 7) is 3.19. The molecule has 0 unspecified atom stereocenters. The van der Waals surface area contributed by atoms with E-state index in [2.05, 4.69) is 38.5 Å². The van der Waals surface area contributed by atoms with Gasteiger partial charge in [0.15, 0.2) is 5.82 Å². The summed E-state index contributed by atoms with van der Waals surface area (Å²) in [4.78, 5) is 20.2. The Balaban J connectivity index is 1.45. The summed E-state index contributed by atoms with van der Waals surface area (Å²) >= 11 is 0. The lowest BCUT2D eigenvalue weighted by atomic mass is 10.1. The molecule has 0 saturated carbocycles. The molecule has 26 heavy (non-hydrogen) atoms. The average molecular weight is 354 g/mol. The quantitative estimate of drug-likeness (QED) is 0.630. The van der Waals surface area contributed by atoms with Gasteiger partial charge in [0.1, 0.15) is 12.7 Å². The van der Waals surface area contributed by atoms with Crippen LogP contribution >= 0.6 is 0 Å². The van der Waals surface area contributed by atoms with E-state index in [0.29, 0.717) is 37.6 Å². The predicted octanol–water partition coefficient (Wildman–Crippen LogP) is 1.91. The molecule has 1 aromatic carbocycles. The van der Waals surface area contributed by atoms with E-state index in [0.717, 1.165) is 24.0 Å². The van der Waals surface area contributed by atoms with Crippen LogP contribution in [-0.4, -0.2) is 30.8 Å². The van der Waals surface area contributed by atoms with E-state index in [4.69, 9.17) is 4.52 Å². The highest BCUT2D eigenvalue weighted by Gasteiger charge is 2.09. The molecule has 0 atom stereocenters. The number of aryl methyl sites for hydroxylation is 2. The van der Waals surface area contributed by atoms with Gasteiger partial charge in [-0.15, -0.1) is 0 Å². The van der Waals surface area contributed by atoms with E-state index >= 15 is 0 Å². The van der Waals surface area contributed by atoms with Gasteiger partial charge in [-0.05, 0) is 17.5 Å². The van der Waals surface area contributed by atoms with E-state index in [9.17, 15) is 4.79 Å². The zero-order valence-corrected chi connectivity index (χ0v) is 14.8. The summed E-state index contributed by atoms with van der Waals surface area (Å²) in [5.74, 6) is 1.17. The number of rotatable bonds is 9. The second-order valence-electron chi connectivity index (χ2n) is 6.04. The molecule has 0 aliphatic heterocycles. The molecule has 8 nitrogen and oxygen atoms in total. The summed E-state index contributed by atoms with van der Waals surface area (Å²) < 4.78 is 6.90. The number of hydrogen-bond donors (Lipinski definition) is 1. The number of aromatic nitrogens is 5. The maximum atomic E-state index is 12.0. The lowest BCUT2D eigenvalue weighted by Crippen LogP contribution is -2.23. The molecule has 0 saturated heterocycles. The number of hydrogen-bond acceptors (Lipinski definition) is 6. The normalized spacial score (nSPS) is 10.8. The van der Waals surface area contributed by atoms with Crippen molar-refractivity contribution in [1.82, 2.24) is 30.2 Å². The van der Waals surface area contributed by atoms with Crippen LogP contribution < -0.4 is 5.32 Å². The van der Waals surface area contributed by atoms with Crippen LogP contribution in [0.1, 0.15) is 42.6 Å². The molecular formula is C18H22N6O2. The Morgan fingerprint density at radius 2 is 2.15 bits per heavy atom. The first-order valence-corrected chi connectivity index (χ1v) is 8.71. The summed E-state index contributed by atoms with van der Waals surface area (Å²) in [6, 6.07) is 8.04. The van der Waals surface area contributed by atoms with Crippen LogP contribution in [-0.2, 0) is 30.7 Å². The van der Waals surface area contributed by atoms with Crippen LogP contribution in [0.4, 0.5) is 0 Å². The first-order chi connectivity index (χ1) is 12.7. The fourth-order valence-corrected chi connectivity index (χ4v) is 2.57. The lowest BCUT2D eigenvalue weighted by molar-refractivity contribution is -0.121. The standard InChI is InChI=1S/C18H22N6O2/c1-2-4-16-22-18(26-23-16)8-7-17(25)20-10-14-5-3-6-15(9-14)11-24-13-19-12-21-24/h3,5-6,9,12-13H,2,4,7-8,10-11H2,1H3,(H,20,25). The number of benzene rings is 1. The second kappa shape index (κ2) is 8.89. The Kier molecular flexibility index (Phi) is 6.08. The average Bonchev–Trinajstić information content (AvgIpc) is 3.31. The Bertz CT molecular complexity index is 828. The van der Waals surface area contributed by atoms with Crippen LogP contribution in [0.5, 0.6) is 0 Å². The molecule has 8 heteroatoms. The number of carbonyl (C=O) groups excluding carboxylic acids is 1. The third-order valence-electron chi connectivity index (χ3n) is 3.84. The minimum Gasteiger partial charge on any atom is -0.352 e. The van der Waals surface area contributed by atoms with E-state index in [1.165, 1.54) is 6.33 Å². The van der Waals surface area contributed by atoms with Gasteiger partial charge in [-0.25, -0.2) is 9.67 Å². The largest absolute Gasteiger partial charge is 0.352 e. The highest BCUT2D eigenvalue weighted by atomic mass is 16.5. The maximum Gasteiger partial charge on any atom is 0.227 e. The van der Waals surface area contributed by atoms with Crippen molar-refractivity contribution >= 4 is 5.91 Å². The van der Waals surface area contributed by atoms with Crippen LogP contribution in [0, 0.1) is 0 Å². The second-order valence-corrected chi connectivity index (χ2v) is 6.04. The zero-order valence-electron chi connectivity index (χ0n) is 14.8. The monoisotopic (exact) mass is 354 g/mol. The van der Waals surface area contributed by atoms with Crippen molar-refractivity contribution in [2.75, 3.05) is 0 Å². The fraction of sp³-hybridized carbons (Fsp3) is 0.389. The summed E-state index contributed by atoms with van der Waals surface area (Å²) in [6.07, 6.45) is 5.73. The molecule has 0 fully saturated rings. The number of nitrogens with zero attached hydrogens (tertiary/aromatic N) is 5. The molecule has 136 valence electrons. The van der Waals surface area contributed by atoms with Gasteiger partial charge in [0.05, 0.1) is 6.54 Å². The lowest BCUT2D eigenvalue weighted by Gasteiger charge is -2.07. The summed E-state index contributed by atoms with van der Waals surface area (Å²) in [7, 11) is 0. The molecule has 3 aromatic rings. The van der Waals surface area contributed by atoms with Crippen molar-refractivity contribution in [3.63, 3.8) is 0 Å². The highest BCUT2D eigenvalue weighted by Crippen LogP contribution is 2.07. The fourth-order valence-electron chi connectivity index (χ4n) is 2.57. The zero-order chi connectivity index (χ0) is 18.2. The van der Waals surface area contributed by atoms with Crippen molar-refractivity contribution in [2.24, 2.45) is 0 Å². The summed E-state index contributed by atoms with van der Waals surface area (Å²) in [5, 5.41) is 10.9. The van der Waals surface area contributed by atoms with Crippen molar-refractivity contribution in [3.05, 3.63) is 59.8 Å². The molecule has 1 amide bonds. The van der Waals surface area contributed by atoms with Crippen molar-refractivity contribution in [3.8, 4) is 0 Å². The molecule has 0 spiro atoms. The Labute approximate surface area is 151 Å². The van der Waals surface area contributed by atoms with E-state index in [-0.39, 0.29) is 5.91 Å². The number of amides is 1. The Morgan fingerprint density at radius 3 is 2.96 bits per heavy atom. The van der Waals surface area contributed by atoms with Crippen LogP contribution in [0.15, 0.2) is 41.4 Å². The van der Waals surface area contributed by atoms with Crippen molar-refractivity contribution in [2.45, 2.75) is 45.7 Å². The van der Waals surface area contributed by atoms with Gasteiger partial charge in [-0.3, -0.25) is 4.79 Å². The minimum absolute atomic E-state index is 0.0399. The Hall–Kier alpha value is -3.03. The first kappa shape index (κ1) is 17.8. The molecule has 1 N–H and O–H groups in total.